The van der Waals surface area contributed by atoms with E-state index in [1.165, 1.54) is 25.1 Å². The fraction of sp³-hybridized carbons (Fsp3) is 0.429. The van der Waals surface area contributed by atoms with Gasteiger partial charge in [-0.25, -0.2) is 0 Å². The summed E-state index contributed by atoms with van der Waals surface area (Å²) in [5.41, 5.74) is 3.82. The van der Waals surface area contributed by atoms with E-state index in [4.69, 9.17) is 15.2 Å². The molecule has 12 heteroatoms. The molecule has 4 aliphatic rings. The van der Waals surface area contributed by atoms with E-state index in [0.717, 1.165) is 0 Å². The van der Waals surface area contributed by atoms with E-state index in [1.807, 2.05) is 0 Å². The Bertz CT molecular complexity index is 1490. The predicted octanol–water partition coefficient (Wildman–Crippen LogP) is -0.975. The first-order valence-electron chi connectivity index (χ1n) is 12.8. The van der Waals surface area contributed by atoms with Gasteiger partial charge in [-0.3, -0.25) is 19.2 Å². The first kappa shape index (κ1) is 26.4. The van der Waals surface area contributed by atoms with E-state index in [1.54, 1.807) is 24.3 Å². The SMILES string of the molecule is CN(C)[C@H]1C(O)C(C(N)=O)C(=O)[C@]2(O)C(=O)C3C(=O)c4c(O)ccc(-c5ccc6c(c5)OCO6)c4C[C@@H]3[C@@H](O)[C@H]12. The van der Waals surface area contributed by atoms with Crippen molar-refractivity contribution >= 4 is 23.3 Å². The minimum absolute atomic E-state index is 0.0571. The molecule has 3 aliphatic carbocycles. The number of hydrogen-bond acceptors (Lipinski definition) is 11. The highest BCUT2D eigenvalue weighted by molar-refractivity contribution is 6.26. The fourth-order valence-electron chi connectivity index (χ4n) is 7.17. The molecule has 12 nitrogen and oxygen atoms in total. The van der Waals surface area contributed by atoms with Crippen LogP contribution in [0.2, 0.25) is 0 Å². The van der Waals surface area contributed by atoms with Crippen LogP contribution in [-0.4, -0.2) is 93.3 Å². The molecule has 3 unspecified atom stereocenters. The van der Waals surface area contributed by atoms with E-state index >= 15 is 0 Å². The Labute approximate surface area is 227 Å². The van der Waals surface area contributed by atoms with Crippen molar-refractivity contribution in [1.82, 2.24) is 4.90 Å². The standard InChI is InChI=1S/C28H28N2O10/c1-30(2)21-20-22(32)13-8-12-11(10-3-6-15-16(7-10)40-9-39-15)4-5-14(31)17(12)23(33)18(13)25(35)28(20,38)26(36)19(24(21)34)27(29)37/h3-7,13,18-22,24,31-32,34,38H,8-9H2,1-2H3,(H2,29,37)/t13-,18?,19?,20-,21+,22+,24?,28+/m0/s1. The van der Waals surface area contributed by atoms with Crippen LogP contribution in [0.15, 0.2) is 30.3 Å². The normalized spacial score (nSPS) is 34.4. The summed E-state index contributed by atoms with van der Waals surface area (Å²) in [4.78, 5) is 54.9. The van der Waals surface area contributed by atoms with Gasteiger partial charge in [-0.05, 0) is 55.4 Å². The largest absolute Gasteiger partial charge is 0.507 e. The van der Waals surface area contributed by atoms with Crippen LogP contribution in [-0.2, 0) is 20.8 Å². The summed E-state index contributed by atoms with van der Waals surface area (Å²) in [6, 6.07) is 6.87. The second kappa shape index (κ2) is 8.83. The van der Waals surface area contributed by atoms with Crippen molar-refractivity contribution in [2.24, 2.45) is 29.4 Å². The van der Waals surface area contributed by atoms with Gasteiger partial charge in [-0.15, -0.1) is 0 Å². The third-order valence-corrected chi connectivity index (χ3v) is 8.94. The Kier molecular flexibility index (Phi) is 5.83. The van der Waals surface area contributed by atoms with Crippen LogP contribution in [0.1, 0.15) is 15.9 Å². The number of phenols is 1. The molecule has 0 aromatic heterocycles. The van der Waals surface area contributed by atoms with E-state index in [2.05, 4.69) is 0 Å². The zero-order valence-electron chi connectivity index (χ0n) is 21.6. The number of rotatable bonds is 3. The summed E-state index contributed by atoms with van der Waals surface area (Å²) < 4.78 is 10.8. The number of nitrogens with two attached hydrogens (primary N) is 1. The fourth-order valence-corrected chi connectivity index (χ4v) is 7.17. The van der Waals surface area contributed by atoms with Crippen LogP contribution < -0.4 is 15.2 Å². The number of ether oxygens (including phenoxy) is 2. The number of likely N-dealkylation sites (N-methyl/N-ethyl adjacent to an activating group) is 1. The first-order valence-corrected chi connectivity index (χ1v) is 12.8. The lowest BCUT2D eigenvalue weighted by Gasteiger charge is -2.56. The molecule has 2 fully saturated rings. The minimum atomic E-state index is -2.97. The molecule has 2 aromatic rings. The number of benzene rings is 2. The van der Waals surface area contributed by atoms with Gasteiger partial charge in [-0.2, -0.15) is 0 Å². The highest BCUT2D eigenvalue weighted by Crippen LogP contribution is 2.52. The lowest BCUT2D eigenvalue weighted by molar-refractivity contribution is -0.207. The number of phenolic OH excluding ortho intramolecular Hbond substituents is 1. The summed E-state index contributed by atoms with van der Waals surface area (Å²) in [5.74, 6) is -10.3. The number of aromatic hydroxyl groups is 1. The third-order valence-electron chi connectivity index (χ3n) is 8.94. The summed E-state index contributed by atoms with van der Waals surface area (Å²) in [5, 5.41) is 45.1. The second-order valence-corrected chi connectivity index (χ2v) is 11.1. The molecular formula is C28H28N2O10. The predicted molar refractivity (Wildman–Crippen MR) is 135 cm³/mol. The van der Waals surface area contributed by atoms with Gasteiger partial charge < -0.3 is 40.5 Å². The highest BCUT2D eigenvalue weighted by atomic mass is 16.7. The Hall–Kier alpha value is -3.84. The summed E-state index contributed by atoms with van der Waals surface area (Å²) in [6.07, 6.45) is -3.41. The lowest BCUT2D eigenvalue weighted by Crippen LogP contribution is -2.78. The van der Waals surface area contributed by atoms with E-state index in [9.17, 15) is 39.6 Å². The summed E-state index contributed by atoms with van der Waals surface area (Å²) in [7, 11) is 3.01. The average Bonchev–Trinajstić information content (AvgIpc) is 3.36. The molecule has 0 bridgehead atoms. The van der Waals surface area contributed by atoms with Crippen molar-refractivity contribution < 1.29 is 49.1 Å². The maximum Gasteiger partial charge on any atom is 0.231 e. The molecule has 0 spiro atoms. The molecule has 2 aromatic carbocycles. The van der Waals surface area contributed by atoms with Gasteiger partial charge in [0, 0.05) is 17.9 Å². The Morgan fingerprint density at radius 1 is 1.02 bits per heavy atom. The van der Waals surface area contributed by atoms with Crippen LogP contribution >= 0.6 is 0 Å². The van der Waals surface area contributed by atoms with Crippen molar-refractivity contribution in [2.75, 3.05) is 20.9 Å². The number of nitrogens with zero attached hydrogens (tertiary/aromatic N) is 1. The molecule has 0 saturated heterocycles. The van der Waals surface area contributed by atoms with Crippen molar-refractivity contribution in [3.63, 3.8) is 0 Å². The molecule has 1 heterocycles. The topological polar surface area (TPSA) is 197 Å². The van der Waals surface area contributed by atoms with E-state index in [-0.39, 0.29) is 18.8 Å². The number of carbonyl (C=O) groups excluding carboxylic acids is 4. The molecule has 2 saturated carbocycles. The monoisotopic (exact) mass is 552 g/mol. The molecule has 6 rings (SSSR count). The zero-order chi connectivity index (χ0) is 28.8. The van der Waals surface area contributed by atoms with E-state index < -0.39 is 76.5 Å². The van der Waals surface area contributed by atoms with Crippen molar-refractivity contribution in [3.8, 4) is 28.4 Å². The summed E-state index contributed by atoms with van der Waals surface area (Å²) >= 11 is 0. The number of carbonyl (C=O) groups is 4. The maximum atomic E-state index is 14.0. The maximum absolute atomic E-state index is 14.0. The number of fused-ring (bicyclic) bond motifs is 4. The molecule has 210 valence electrons. The van der Waals surface area contributed by atoms with Crippen LogP contribution in [0.4, 0.5) is 0 Å². The molecule has 8 atom stereocenters. The number of hydrogen-bond donors (Lipinski definition) is 5. The van der Waals surface area contributed by atoms with Gasteiger partial charge in [0.15, 0.2) is 34.4 Å². The number of ketones is 3. The number of aliphatic hydroxyl groups excluding tert-OH is 2. The lowest BCUT2D eigenvalue weighted by atomic mass is 9.50. The van der Waals surface area contributed by atoms with Gasteiger partial charge in [-0.1, -0.05) is 12.1 Å². The van der Waals surface area contributed by atoms with Crippen molar-refractivity contribution in [2.45, 2.75) is 30.3 Å². The highest BCUT2D eigenvalue weighted by Gasteiger charge is 2.72. The molecule has 0 radical (unpaired) electrons. The first-order chi connectivity index (χ1) is 18.9. The quantitative estimate of drug-likeness (QED) is 0.294. The van der Waals surface area contributed by atoms with Crippen LogP contribution in [0.25, 0.3) is 11.1 Å². The van der Waals surface area contributed by atoms with Gasteiger partial charge >= 0.3 is 0 Å². The van der Waals surface area contributed by atoms with Gasteiger partial charge in [0.25, 0.3) is 0 Å². The Balaban J connectivity index is 1.51. The second-order valence-electron chi connectivity index (χ2n) is 11.1. The molecule has 6 N–H and O–H groups in total. The van der Waals surface area contributed by atoms with Gasteiger partial charge in [0.05, 0.1) is 23.7 Å². The molecule has 40 heavy (non-hydrogen) atoms. The molecule has 1 amide bonds. The molecular weight excluding hydrogens is 524 g/mol. The average molecular weight is 553 g/mol. The van der Waals surface area contributed by atoms with Crippen molar-refractivity contribution in [3.05, 3.63) is 41.5 Å². The van der Waals surface area contributed by atoms with Crippen LogP contribution in [0.5, 0.6) is 17.2 Å². The minimum Gasteiger partial charge on any atom is -0.507 e. The molecule has 1 aliphatic heterocycles. The summed E-state index contributed by atoms with van der Waals surface area (Å²) in [6.45, 7) is 0.0571. The number of aliphatic hydroxyl groups is 3. The van der Waals surface area contributed by atoms with Gasteiger partial charge in [0.1, 0.15) is 11.7 Å². The number of Topliss-reactive ketones (excluding diaryl/α,β-unsaturated/α-hetero) is 3. The third kappa shape index (κ3) is 3.33. The van der Waals surface area contributed by atoms with Crippen molar-refractivity contribution in [1.29, 1.82) is 0 Å². The zero-order valence-corrected chi connectivity index (χ0v) is 21.6. The van der Waals surface area contributed by atoms with Crippen LogP contribution in [0, 0.1) is 23.7 Å². The van der Waals surface area contributed by atoms with Gasteiger partial charge in [0.2, 0.25) is 12.7 Å². The number of primary amides is 1. The van der Waals surface area contributed by atoms with Crippen LogP contribution in [0.3, 0.4) is 0 Å². The Morgan fingerprint density at radius 3 is 2.40 bits per heavy atom. The Morgan fingerprint density at radius 2 is 1.73 bits per heavy atom. The number of amides is 1. The smallest absolute Gasteiger partial charge is 0.231 e. The van der Waals surface area contributed by atoms with E-state index in [0.29, 0.717) is 28.2 Å².